The Morgan fingerprint density at radius 1 is 1.62 bits per heavy atom. The number of hydrogen-bond donors (Lipinski definition) is 1. The molecule has 1 amide bonds. The predicted octanol–water partition coefficient (Wildman–Crippen LogP) is 1.28. The van der Waals surface area contributed by atoms with Gasteiger partial charge in [-0.05, 0) is 6.07 Å². The molecule has 1 N–H and O–H groups in total. The first kappa shape index (κ1) is 7.72. The first-order chi connectivity index (χ1) is 6.29. The molecule has 0 spiro atoms. The lowest BCUT2D eigenvalue weighted by molar-refractivity contribution is 0.203. The van der Waals surface area contributed by atoms with Crippen LogP contribution in [0.15, 0.2) is 23.5 Å². The van der Waals surface area contributed by atoms with Crippen LogP contribution in [-0.4, -0.2) is 28.9 Å². The first-order valence-corrected chi connectivity index (χ1v) is 3.76. The number of amides is 1. The van der Waals surface area contributed by atoms with Crippen molar-refractivity contribution in [2.75, 3.05) is 11.4 Å². The summed E-state index contributed by atoms with van der Waals surface area (Å²) in [5.41, 5.74) is 1.18. The number of aromatic nitrogens is 1. The highest BCUT2D eigenvalue weighted by Gasteiger charge is 2.19. The van der Waals surface area contributed by atoms with Gasteiger partial charge >= 0.3 is 6.09 Å². The van der Waals surface area contributed by atoms with E-state index in [1.165, 1.54) is 4.90 Å². The van der Waals surface area contributed by atoms with Crippen LogP contribution in [0.25, 0.3) is 0 Å². The number of pyridine rings is 1. The van der Waals surface area contributed by atoms with Crippen molar-refractivity contribution in [3.05, 3.63) is 18.5 Å². The molecule has 13 heavy (non-hydrogen) atoms. The molecule has 1 aliphatic heterocycles. The number of nitrogens with zero attached hydrogens (tertiary/aromatic N) is 3. The van der Waals surface area contributed by atoms with Crippen molar-refractivity contribution in [3.63, 3.8) is 0 Å². The van der Waals surface area contributed by atoms with Crippen LogP contribution in [-0.2, 0) is 0 Å². The molecule has 1 aliphatic rings. The van der Waals surface area contributed by atoms with E-state index in [-0.39, 0.29) is 0 Å². The lowest BCUT2D eigenvalue weighted by atomic mass is 10.3. The highest BCUT2D eigenvalue weighted by Crippen LogP contribution is 2.29. The Bertz CT molecular complexity index is 375. The molecule has 0 saturated heterocycles. The predicted molar refractivity (Wildman–Crippen MR) is 47.8 cm³/mol. The van der Waals surface area contributed by atoms with Crippen LogP contribution >= 0.6 is 0 Å². The van der Waals surface area contributed by atoms with Crippen molar-refractivity contribution >= 4 is 23.7 Å². The van der Waals surface area contributed by atoms with Crippen molar-refractivity contribution < 1.29 is 9.90 Å². The largest absolute Gasteiger partial charge is 0.465 e. The standard InChI is InChI=1S/C8H7N3O2/c12-8(13)11-4-3-10-6-5-9-2-1-7(6)11/h1-3,5H,4H2,(H,12,13). The van der Waals surface area contributed by atoms with E-state index in [9.17, 15) is 4.79 Å². The Kier molecular flexibility index (Phi) is 1.70. The van der Waals surface area contributed by atoms with Gasteiger partial charge in [0, 0.05) is 12.4 Å². The van der Waals surface area contributed by atoms with Crippen molar-refractivity contribution in [3.8, 4) is 0 Å². The maximum absolute atomic E-state index is 10.8. The summed E-state index contributed by atoms with van der Waals surface area (Å²) in [7, 11) is 0. The zero-order valence-electron chi connectivity index (χ0n) is 6.71. The van der Waals surface area contributed by atoms with E-state index in [1.807, 2.05) is 0 Å². The molecule has 0 atom stereocenters. The van der Waals surface area contributed by atoms with Gasteiger partial charge in [-0.1, -0.05) is 0 Å². The van der Waals surface area contributed by atoms with E-state index < -0.39 is 6.09 Å². The molecule has 66 valence electrons. The van der Waals surface area contributed by atoms with Gasteiger partial charge in [-0.15, -0.1) is 0 Å². The summed E-state index contributed by atoms with van der Waals surface area (Å²) >= 11 is 0. The van der Waals surface area contributed by atoms with Crippen molar-refractivity contribution in [1.82, 2.24) is 4.98 Å². The van der Waals surface area contributed by atoms with Crippen molar-refractivity contribution in [2.24, 2.45) is 4.99 Å². The quantitative estimate of drug-likeness (QED) is 0.649. The molecule has 2 heterocycles. The third kappa shape index (κ3) is 1.24. The van der Waals surface area contributed by atoms with Crippen LogP contribution in [0, 0.1) is 0 Å². The normalized spacial score (nSPS) is 14.0. The van der Waals surface area contributed by atoms with Gasteiger partial charge in [-0.25, -0.2) is 4.79 Å². The molecular formula is C8H7N3O2. The SMILES string of the molecule is O=C(O)N1CC=Nc2cnccc21. The van der Waals surface area contributed by atoms with E-state index >= 15 is 0 Å². The maximum atomic E-state index is 10.8. The summed E-state index contributed by atoms with van der Waals surface area (Å²) < 4.78 is 0. The smallest absolute Gasteiger partial charge is 0.412 e. The summed E-state index contributed by atoms with van der Waals surface area (Å²) in [6.07, 6.45) is 3.67. The monoisotopic (exact) mass is 177 g/mol. The van der Waals surface area contributed by atoms with Crippen LogP contribution in [0.1, 0.15) is 0 Å². The van der Waals surface area contributed by atoms with Crippen molar-refractivity contribution in [1.29, 1.82) is 0 Å². The second-order valence-corrected chi connectivity index (χ2v) is 2.57. The Morgan fingerprint density at radius 3 is 3.23 bits per heavy atom. The third-order valence-electron chi connectivity index (χ3n) is 1.79. The molecule has 0 bridgehead atoms. The Labute approximate surface area is 74.4 Å². The molecule has 0 aliphatic carbocycles. The number of fused-ring (bicyclic) bond motifs is 1. The topological polar surface area (TPSA) is 65.8 Å². The minimum absolute atomic E-state index is 0.298. The molecule has 5 nitrogen and oxygen atoms in total. The minimum Gasteiger partial charge on any atom is -0.465 e. The fourth-order valence-electron chi connectivity index (χ4n) is 1.21. The number of aliphatic imine (C=N–C) groups is 1. The number of rotatable bonds is 0. The lowest BCUT2D eigenvalue weighted by Gasteiger charge is -2.21. The molecule has 0 aromatic carbocycles. The van der Waals surface area contributed by atoms with Gasteiger partial charge in [0.25, 0.3) is 0 Å². The van der Waals surface area contributed by atoms with E-state index in [4.69, 9.17) is 5.11 Å². The molecule has 5 heteroatoms. The Balaban J connectivity index is 2.49. The van der Waals surface area contributed by atoms with Gasteiger partial charge in [0.15, 0.2) is 0 Å². The van der Waals surface area contributed by atoms with Gasteiger partial charge in [-0.3, -0.25) is 14.9 Å². The fourth-order valence-corrected chi connectivity index (χ4v) is 1.21. The van der Waals surface area contributed by atoms with Crippen LogP contribution in [0.5, 0.6) is 0 Å². The van der Waals surface area contributed by atoms with E-state index in [1.54, 1.807) is 24.7 Å². The molecule has 2 rings (SSSR count). The molecule has 1 aromatic rings. The number of carboxylic acid groups (broad SMARTS) is 1. The van der Waals surface area contributed by atoms with E-state index in [0.29, 0.717) is 17.9 Å². The third-order valence-corrected chi connectivity index (χ3v) is 1.79. The molecule has 1 aromatic heterocycles. The second kappa shape index (κ2) is 2.85. The van der Waals surface area contributed by atoms with E-state index in [2.05, 4.69) is 9.98 Å². The average molecular weight is 177 g/mol. The minimum atomic E-state index is -0.974. The molecule has 0 fully saturated rings. The number of anilines is 1. The summed E-state index contributed by atoms with van der Waals surface area (Å²) in [5, 5.41) is 8.83. The molecule has 0 saturated carbocycles. The summed E-state index contributed by atoms with van der Waals surface area (Å²) in [4.78, 5) is 19.9. The zero-order chi connectivity index (χ0) is 9.26. The van der Waals surface area contributed by atoms with E-state index in [0.717, 1.165) is 0 Å². The number of carbonyl (C=O) groups is 1. The van der Waals surface area contributed by atoms with Gasteiger partial charge in [0.1, 0.15) is 5.69 Å². The average Bonchev–Trinajstić information content (AvgIpc) is 2.17. The summed E-state index contributed by atoms with van der Waals surface area (Å²) in [6, 6.07) is 1.64. The summed E-state index contributed by atoms with van der Waals surface area (Å²) in [5.74, 6) is 0. The second-order valence-electron chi connectivity index (χ2n) is 2.57. The van der Waals surface area contributed by atoms with Gasteiger partial charge in [0.2, 0.25) is 0 Å². The summed E-state index contributed by atoms with van der Waals surface area (Å²) in [6.45, 7) is 0.298. The van der Waals surface area contributed by atoms with Gasteiger partial charge < -0.3 is 5.11 Å². The van der Waals surface area contributed by atoms with Gasteiger partial charge in [-0.2, -0.15) is 0 Å². The fraction of sp³-hybridized carbons (Fsp3) is 0.125. The Morgan fingerprint density at radius 2 is 2.46 bits per heavy atom. The van der Waals surface area contributed by atoms with Crippen LogP contribution in [0.4, 0.5) is 16.2 Å². The van der Waals surface area contributed by atoms with Gasteiger partial charge in [0.05, 0.1) is 18.4 Å². The molecule has 0 unspecified atom stereocenters. The number of hydrogen-bond acceptors (Lipinski definition) is 3. The van der Waals surface area contributed by atoms with Crippen LogP contribution in [0.3, 0.4) is 0 Å². The maximum Gasteiger partial charge on any atom is 0.412 e. The molecular weight excluding hydrogens is 170 g/mol. The zero-order valence-corrected chi connectivity index (χ0v) is 6.71. The van der Waals surface area contributed by atoms with Crippen molar-refractivity contribution in [2.45, 2.75) is 0 Å². The highest BCUT2D eigenvalue weighted by atomic mass is 16.4. The Hall–Kier alpha value is -1.91. The lowest BCUT2D eigenvalue weighted by Crippen LogP contribution is -2.32. The van der Waals surface area contributed by atoms with Crippen LogP contribution < -0.4 is 4.90 Å². The highest BCUT2D eigenvalue weighted by molar-refractivity contribution is 5.96. The first-order valence-electron chi connectivity index (χ1n) is 3.76. The molecule has 0 radical (unpaired) electrons. The van der Waals surface area contributed by atoms with Crippen LogP contribution in [0.2, 0.25) is 0 Å².